The summed E-state index contributed by atoms with van der Waals surface area (Å²) in [5.41, 5.74) is 0. The maximum Gasteiger partial charge on any atom is 0.257 e. The molecule has 6 heteroatoms. The Morgan fingerprint density at radius 2 is 2.28 bits per heavy atom. The molecule has 18 heavy (non-hydrogen) atoms. The number of methoxy groups -OCH3 is 1. The Kier molecular flexibility index (Phi) is 3.96. The quantitative estimate of drug-likeness (QED) is 0.863. The summed E-state index contributed by atoms with van der Waals surface area (Å²) in [6.07, 6.45) is 5.23. The highest BCUT2D eigenvalue weighted by Crippen LogP contribution is 2.20. The summed E-state index contributed by atoms with van der Waals surface area (Å²) in [7, 11) is 1.57. The fourth-order valence-electron chi connectivity index (χ4n) is 2.15. The Bertz CT molecular complexity index is 424. The van der Waals surface area contributed by atoms with Gasteiger partial charge >= 0.3 is 0 Å². The molecule has 0 bridgehead atoms. The lowest BCUT2D eigenvalue weighted by atomic mass is 10.1. The Morgan fingerprint density at radius 1 is 1.50 bits per heavy atom. The lowest BCUT2D eigenvalue weighted by Gasteiger charge is -2.32. The van der Waals surface area contributed by atoms with Crippen LogP contribution in [-0.4, -0.2) is 47.0 Å². The number of hydrogen-bond donors (Lipinski definition) is 1. The van der Waals surface area contributed by atoms with Crippen LogP contribution in [0.5, 0.6) is 5.88 Å². The molecule has 2 rings (SSSR count). The molecular formula is C12H18N4O2. The van der Waals surface area contributed by atoms with Crippen LogP contribution >= 0.6 is 0 Å². The van der Waals surface area contributed by atoms with E-state index in [1.807, 2.05) is 4.90 Å². The molecule has 1 aromatic heterocycles. The van der Waals surface area contributed by atoms with Crippen molar-refractivity contribution in [1.82, 2.24) is 14.9 Å². The van der Waals surface area contributed by atoms with Gasteiger partial charge in [-0.2, -0.15) is 0 Å². The maximum atomic E-state index is 11.4. The molecule has 1 aromatic rings. The summed E-state index contributed by atoms with van der Waals surface area (Å²) in [6.45, 7) is 3.14. The number of nitrogens with one attached hydrogen (secondary N) is 1. The molecule has 6 nitrogen and oxygen atoms in total. The van der Waals surface area contributed by atoms with Crippen LogP contribution < -0.4 is 10.1 Å². The average Bonchev–Trinajstić information content (AvgIpc) is 2.39. The van der Waals surface area contributed by atoms with E-state index >= 15 is 0 Å². The first-order chi connectivity index (χ1) is 8.70. The predicted molar refractivity (Wildman–Crippen MR) is 67.5 cm³/mol. The van der Waals surface area contributed by atoms with E-state index in [2.05, 4.69) is 15.3 Å². The van der Waals surface area contributed by atoms with Gasteiger partial charge in [-0.15, -0.1) is 0 Å². The van der Waals surface area contributed by atoms with Crippen LogP contribution in [0.25, 0.3) is 0 Å². The molecule has 1 aliphatic heterocycles. The zero-order chi connectivity index (χ0) is 13.0. The lowest BCUT2D eigenvalue weighted by molar-refractivity contribution is -0.129. The second kappa shape index (κ2) is 5.66. The molecule has 1 fully saturated rings. The highest BCUT2D eigenvalue weighted by atomic mass is 16.5. The molecule has 0 unspecified atom stereocenters. The largest absolute Gasteiger partial charge is 0.478 e. The van der Waals surface area contributed by atoms with E-state index in [4.69, 9.17) is 4.74 Å². The molecule has 0 saturated carbocycles. The summed E-state index contributed by atoms with van der Waals surface area (Å²) in [4.78, 5) is 21.5. The summed E-state index contributed by atoms with van der Waals surface area (Å²) < 4.78 is 5.14. The summed E-state index contributed by atoms with van der Waals surface area (Å²) in [5.74, 6) is 1.24. The molecule has 0 aromatic carbocycles. The van der Waals surface area contributed by atoms with Crippen LogP contribution in [0.3, 0.4) is 0 Å². The zero-order valence-electron chi connectivity index (χ0n) is 10.7. The molecule has 2 heterocycles. The number of ether oxygens (including phenoxy) is 1. The zero-order valence-corrected chi connectivity index (χ0v) is 10.7. The third kappa shape index (κ3) is 2.88. The van der Waals surface area contributed by atoms with Crippen LogP contribution in [0.4, 0.5) is 5.82 Å². The Morgan fingerprint density at radius 3 is 3.00 bits per heavy atom. The number of anilines is 1. The number of carbonyl (C=O) groups is 1. The number of carbonyl (C=O) groups excluding carboxylic acids is 1. The van der Waals surface area contributed by atoms with E-state index in [-0.39, 0.29) is 11.9 Å². The summed E-state index contributed by atoms with van der Waals surface area (Å²) in [5, 5.41) is 3.29. The van der Waals surface area contributed by atoms with Gasteiger partial charge in [-0.1, -0.05) is 0 Å². The third-order valence-electron chi connectivity index (χ3n) is 3.07. The molecule has 0 spiro atoms. The van der Waals surface area contributed by atoms with Gasteiger partial charge in [0.15, 0.2) is 5.82 Å². The van der Waals surface area contributed by atoms with Crippen molar-refractivity contribution < 1.29 is 9.53 Å². The van der Waals surface area contributed by atoms with Crippen molar-refractivity contribution in [3.63, 3.8) is 0 Å². The fraction of sp³-hybridized carbons (Fsp3) is 0.583. The number of amides is 1. The van der Waals surface area contributed by atoms with Crippen molar-refractivity contribution >= 4 is 11.7 Å². The lowest BCUT2D eigenvalue weighted by Crippen LogP contribution is -2.44. The van der Waals surface area contributed by atoms with Crippen LogP contribution in [-0.2, 0) is 4.79 Å². The molecule has 1 aliphatic rings. The normalized spacial score (nSPS) is 19.4. The summed E-state index contributed by atoms with van der Waals surface area (Å²) in [6, 6.07) is 0.202. The molecular weight excluding hydrogens is 232 g/mol. The number of hydrogen-bond acceptors (Lipinski definition) is 5. The topological polar surface area (TPSA) is 67.4 Å². The van der Waals surface area contributed by atoms with Crippen LogP contribution in [0.1, 0.15) is 19.8 Å². The Labute approximate surface area is 106 Å². The van der Waals surface area contributed by atoms with E-state index in [1.165, 1.54) is 0 Å². The second-order valence-corrected chi connectivity index (χ2v) is 4.36. The SMILES string of the molecule is COc1nccnc1N[C@H]1CCCN(C(C)=O)C1. The average molecular weight is 250 g/mol. The number of rotatable bonds is 3. The summed E-state index contributed by atoms with van der Waals surface area (Å²) >= 11 is 0. The van der Waals surface area contributed by atoms with Gasteiger partial charge < -0.3 is 15.0 Å². The van der Waals surface area contributed by atoms with Gasteiger partial charge in [-0.3, -0.25) is 4.79 Å². The van der Waals surface area contributed by atoms with E-state index < -0.39 is 0 Å². The van der Waals surface area contributed by atoms with Gasteiger partial charge in [0.1, 0.15) is 0 Å². The van der Waals surface area contributed by atoms with Crippen molar-refractivity contribution in [1.29, 1.82) is 0 Å². The Balaban J connectivity index is 2.02. The van der Waals surface area contributed by atoms with Gasteiger partial charge in [-0.25, -0.2) is 9.97 Å². The van der Waals surface area contributed by atoms with E-state index in [1.54, 1.807) is 26.4 Å². The minimum Gasteiger partial charge on any atom is -0.478 e. The van der Waals surface area contributed by atoms with Gasteiger partial charge in [0.2, 0.25) is 5.91 Å². The van der Waals surface area contributed by atoms with Gasteiger partial charge in [-0.05, 0) is 12.8 Å². The van der Waals surface area contributed by atoms with E-state index in [9.17, 15) is 4.79 Å². The first kappa shape index (κ1) is 12.6. The molecule has 1 amide bonds. The van der Waals surface area contributed by atoms with Crippen molar-refractivity contribution in [2.45, 2.75) is 25.8 Å². The van der Waals surface area contributed by atoms with Crippen LogP contribution in [0.15, 0.2) is 12.4 Å². The van der Waals surface area contributed by atoms with Crippen LogP contribution in [0.2, 0.25) is 0 Å². The van der Waals surface area contributed by atoms with E-state index in [0.29, 0.717) is 18.2 Å². The van der Waals surface area contributed by atoms with Gasteiger partial charge in [0.05, 0.1) is 7.11 Å². The van der Waals surface area contributed by atoms with Gasteiger partial charge in [0.25, 0.3) is 5.88 Å². The van der Waals surface area contributed by atoms with Crippen molar-refractivity contribution in [3.8, 4) is 5.88 Å². The fourth-order valence-corrected chi connectivity index (χ4v) is 2.15. The predicted octanol–water partition coefficient (Wildman–Crippen LogP) is 0.908. The highest BCUT2D eigenvalue weighted by molar-refractivity contribution is 5.73. The van der Waals surface area contributed by atoms with E-state index in [0.717, 1.165) is 19.4 Å². The number of aromatic nitrogens is 2. The minimum absolute atomic E-state index is 0.118. The Hall–Kier alpha value is -1.85. The standard InChI is InChI=1S/C12H18N4O2/c1-9(17)16-7-3-4-10(8-16)15-11-12(18-2)14-6-5-13-11/h5-6,10H,3-4,7-8H2,1-2H3,(H,13,15)/t10-/m0/s1. The highest BCUT2D eigenvalue weighted by Gasteiger charge is 2.22. The minimum atomic E-state index is 0.118. The molecule has 98 valence electrons. The smallest absolute Gasteiger partial charge is 0.257 e. The molecule has 1 atom stereocenters. The van der Waals surface area contributed by atoms with Crippen molar-refractivity contribution in [2.24, 2.45) is 0 Å². The monoisotopic (exact) mass is 250 g/mol. The number of piperidine rings is 1. The first-order valence-electron chi connectivity index (χ1n) is 6.07. The second-order valence-electron chi connectivity index (χ2n) is 4.36. The molecule has 0 aliphatic carbocycles. The number of nitrogens with zero attached hydrogens (tertiary/aromatic N) is 3. The molecule has 1 N–H and O–H groups in total. The number of likely N-dealkylation sites (tertiary alicyclic amines) is 1. The first-order valence-corrected chi connectivity index (χ1v) is 6.07. The maximum absolute atomic E-state index is 11.4. The van der Waals surface area contributed by atoms with Crippen molar-refractivity contribution in [2.75, 3.05) is 25.5 Å². The molecule has 1 saturated heterocycles. The third-order valence-corrected chi connectivity index (χ3v) is 3.07. The molecule has 0 radical (unpaired) electrons. The van der Waals surface area contributed by atoms with Crippen molar-refractivity contribution in [3.05, 3.63) is 12.4 Å². The van der Waals surface area contributed by atoms with Crippen LogP contribution in [0, 0.1) is 0 Å². The van der Waals surface area contributed by atoms with Gasteiger partial charge in [0, 0.05) is 38.4 Å².